The van der Waals surface area contributed by atoms with Crippen molar-refractivity contribution in [3.05, 3.63) is 6.42 Å². The Morgan fingerprint density at radius 1 is 1.08 bits per heavy atom. The van der Waals surface area contributed by atoms with Crippen LogP contribution in [0, 0.1) is 12.3 Å². The average Bonchev–Trinajstić information content (AvgIpc) is 2.14. The Kier molecular flexibility index (Phi) is 5.47. The van der Waals surface area contributed by atoms with Gasteiger partial charge in [0.15, 0.2) is 0 Å². The van der Waals surface area contributed by atoms with Gasteiger partial charge in [0.05, 0.1) is 0 Å². The van der Waals surface area contributed by atoms with E-state index < -0.39 is 0 Å². The van der Waals surface area contributed by atoms with E-state index in [4.69, 9.17) is 0 Å². The summed E-state index contributed by atoms with van der Waals surface area (Å²) in [7, 11) is 0. The van der Waals surface area contributed by atoms with E-state index >= 15 is 0 Å². The minimum absolute atomic E-state index is 0.982. The van der Waals surface area contributed by atoms with Crippen LogP contribution in [0.15, 0.2) is 0 Å². The molecule has 0 aromatic carbocycles. The van der Waals surface area contributed by atoms with Crippen molar-refractivity contribution in [1.82, 2.24) is 0 Å². The maximum Gasteiger partial charge on any atom is -0.0355 e. The normalized spacial score (nSPS) is 19.8. The van der Waals surface area contributed by atoms with Crippen molar-refractivity contribution in [2.75, 3.05) is 0 Å². The molecule has 0 aliphatic heterocycles. The van der Waals surface area contributed by atoms with E-state index in [1.807, 2.05) is 0 Å². The zero-order valence-electron chi connectivity index (χ0n) is 8.52. The lowest BCUT2D eigenvalue weighted by atomic mass is 9.85. The molecule has 0 heterocycles. The van der Waals surface area contributed by atoms with Gasteiger partial charge in [-0.25, -0.2) is 0 Å². The Balaban J connectivity index is 1.91. The molecule has 12 heavy (non-hydrogen) atoms. The molecule has 0 bridgehead atoms. The largest absolute Gasteiger partial charge is 0.0654 e. The van der Waals surface area contributed by atoms with Gasteiger partial charge in [-0.05, 0) is 18.8 Å². The van der Waals surface area contributed by atoms with Crippen LogP contribution in [0.3, 0.4) is 0 Å². The Hall–Kier alpha value is 0. The van der Waals surface area contributed by atoms with Crippen LogP contribution in [0.2, 0.25) is 0 Å². The van der Waals surface area contributed by atoms with Crippen LogP contribution in [-0.2, 0) is 0 Å². The van der Waals surface area contributed by atoms with Crippen molar-refractivity contribution >= 4 is 0 Å². The van der Waals surface area contributed by atoms with Crippen molar-refractivity contribution in [2.24, 2.45) is 5.92 Å². The molecule has 0 amide bonds. The van der Waals surface area contributed by atoms with Crippen molar-refractivity contribution in [3.63, 3.8) is 0 Å². The molecule has 1 saturated carbocycles. The highest BCUT2D eigenvalue weighted by Crippen LogP contribution is 2.27. The Labute approximate surface area is 77.7 Å². The molecule has 0 nitrogen and oxygen atoms in total. The molecule has 0 N–H and O–H groups in total. The van der Waals surface area contributed by atoms with Crippen LogP contribution in [0.5, 0.6) is 0 Å². The summed E-state index contributed by atoms with van der Waals surface area (Å²) >= 11 is 0. The van der Waals surface area contributed by atoms with E-state index in [9.17, 15) is 0 Å². The Morgan fingerprint density at radius 3 is 2.50 bits per heavy atom. The third-order valence-electron chi connectivity index (χ3n) is 2.96. The summed E-state index contributed by atoms with van der Waals surface area (Å²) in [4.78, 5) is 0. The standard InChI is InChI=1S/C12H23/c1-2-3-4-6-9-12-10-7-5-8-11-12/h9,12H,2-8,10-11H2,1H3. The van der Waals surface area contributed by atoms with Gasteiger partial charge in [-0.15, -0.1) is 0 Å². The van der Waals surface area contributed by atoms with Gasteiger partial charge in [-0.2, -0.15) is 0 Å². The topological polar surface area (TPSA) is 0 Å². The fourth-order valence-corrected chi connectivity index (χ4v) is 2.12. The average molecular weight is 167 g/mol. The zero-order valence-corrected chi connectivity index (χ0v) is 8.52. The van der Waals surface area contributed by atoms with Gasteiger partial charge in [0.2, 0.25) is 0 Å². The van der Waals surface area contributed by atoms with E-state index in [2.05, 4.69) is 13.3 Å². The van der Waals surface area contributed by atoms with Crippen molar-refractivity contribution in [2.45, 2.75) is 64.7 Å². The first-order valence-corrected chi connectivity index (χ1v) is 5.77. The molecular formula is C12H23. The molecule has 0 aromatic rings. The molecule has 1 radical (unpaired) electrons. The van der Waals surface area contributed by atoms with Gasteiger partial charge in [0, 0.05) is 0 Å². The molecular weight excluding hydrogens is 144 g/mol. The highest BCUT2D eigenvalue weighted by atomic mass is 14.2. The van der Waals surface area contributed by atoms with Crippen LogP contribution in [-0.4, -0.2) is 0 Å². The summed E-state index contributed by atoms with van der Waals surface area (Å²) in [6, 6.07) is 0. The van der Waals surface area contributed by atoms with Crippen LogP contribution in [0.25, 0.3) is 0 Å². The van der Waals surface area contributed by atoms with E-state index in [1.165, 1.54) is 57.8 Å². The van der Waals surface area contributed by atoms with Gasteiger partial charge < -0.3 is 0 Å². The van der Waals surface area contributed by atoms with Gasteiger partial charge in [-0.1, -0.05) is 58.3 Å². The van der Waals surface area contributed by atoms with Gasteiger partial charge in [0.1, 0.15) is 0 Å². The summed E-state index contributed by atoms with van der Waals surface area (Å²) in [6.45, 7) is 2.28. The molecule has 0 saturated heterocycles. The maximum absolute atomic E-state index is 2.59. The lowest BCUT2D eigenvalue weighted by molar-refractivity contribution is 0.387. The highest BCUT2D eigenvalue weighted by molar-refractivity contribution is 4.78. The van der Waals surface area contributed by atoms with Gasteiger partial charge in [-0.3, -0.25) is 0 Å². The molecule has 0 unspecified atom stereocenters. The summed E-state index contributed by atoms with van der Waals surface area (Å²) < 4.78 is 0. The number of hydrogen-bond donors (Lipinski definition) is 0. The van der Waals surface area contributed by atoms with E-state index in [0.717, 1.165) is 5.92 Å². The molecule has 0 heteroatoms. The second-order valence-corrected chi connectivity index (χ2v) is 4.13. The maximum atomic E-state index is 2.59. The Bertz CT molecular complexity index is 90.2. The molecule has 1 fully saturated rings. The zero-order chi connectivity index (χ0) is 8.65. The molecule has 0 atom stereocenters. The molecule has 0 aromatic heterocycles. The third-order valence-corrected chi connectivity index (χ3v) is 2.96. The first kappa shape index (κ1) is 10.1. The first-order valence-electron chi connectivity index (χ1n) is 5.77. The van der Waals surface area contributed by atoms with Crippen molar-refractivity contribution in [3.8, 4) is 0 Å². The molecule has 1 aliphatic rings. The van der Waals surface area contributed by atoms with Crippen LogP contribution in [0.4, 0.5) is 0 Å². The predicted octanol–water partition coefficient (Wildman–Crippen LogP) is 4.35. The van der Waals surface area contributed by atoms with Crippen LogP contribution < -0.4 is 0 Å². The van der Waals surface area contributed by atoms with Crippen LogP contribution >= 0.6 is 0 Å². The lowest BCUT2D eigenvalue weighted by Crippen LogP contribution is -2.06. The molecule has 1 rings (SSSR count). The van der Waals surface area contributed by atoms with Gasteiger partial charge in [0.25, 0.3) is 0 Å². The molecule has 71 valence electrons. The minimum Gasteiger partial charge on any atom is -0.0654 e. The Morgan fingerprint density at radius 2 is 1.83 bits per heavy atom. The van der Waals surface area contributed by atoms with Crippen LogP contribution in [0.1, 0.15) is 64.7 Å². The first-order chi connectivity index (χ1) is 5.93. The number of unbranched alkanes of at least 4 members (excludes halogenated alkanes) is 3. The van der Waals surface area contributed by atoms with Crippen molar-refractivity contribution < 1.29 is 0 Å². The lowest BCUT2D eigenvalue weighted by Gasteiger charge is -2.20. The third kappa shape index (κ3) is 4.13. The van der Waals surface area contributed by atoms with Gasteiger partial charge >= 0.3 is 0 Å². The smallest absolute Gasteiger partial charge is 0.0355 e. The number of rotatable bonds is 5. The second-order valence-electron chi connectivity index (χ2n) is 4.13. The summed E-state index contributed by atoms with van der Waals surface area (Å²) in [5.74, 6) is 0.982. The monoisotopic (exact) mass is 167 g/mol. The quantitative estimate of drug-likeness (QED) is 0.534. The fraction of sp³-hybridized carbons (Fsp3) is 0.917. The minimum atomic E-state index is 0.982. The van der Waals surface area contributed by atoms with E-state index in [-0.39, 0.29) is 0 Å². The summed E-state index contributed by atoms with van der Waals surface area (Å²) in [5.41, 5.74) is 0. The summed E-state index contributed by atoms with van der Waals surface area (Å²) in [6.07, 6.45) is 15.6. The predicted molar refractivity (Wildman–Crippen MR) is 55.0 cm³/mol. The van der Waals surface area contributed by atoms with E-state index in [0.29, 0.717) is 0 Å². The molecule has 0 spiro atoms. The van der Waals surface area contributed by atoms with Crippen molar-refractivity contribution in [1.29, 1.82) is 0 Å². The molecule has 1 aliphatic carbocycles. The fourth-order valence-electron chi connectivity index (χ4n) is 2.12. The highest BCUT2D eigenvalue weighted by Gasteiger charge is 2.12. The number of hydrogen-bond acceptors (Lipinski definition) is 0. The summed E-state index contributed by atoms with van der Waals surface area (Å²) in [5, 5.41) is 0. The second kappa shape index (κ2) is 6.51. The SMILES string of the molecule is CCCCC[CH]C1CCCCC1. The van der Waals surface area contributed by atoms with E-state index in [1.54, 1.807) is 0 Å².